The molecule has 238 valence electrons. The Bertz CT molecular complexity index is 3120. The highest BCUT2D eigenvalue weighted by atomic mass is 15.0. The Morgan fingerprint density at radius 1 is 0.235 bits per heavy atom. The molecule has 0 saturated carbocycles. The molecule has 3 aromatic heterocycles. The van der Waals surface area contributed by atoms with Crippen LogP contribution in [0.3, 0.4) is 0 Å². The summed E-state index contributed by atoms with van der Waals surface area (Å²) in [7, 11) is 0. The smallest absolute Gasteiger partial charge is 0.0561 e. The van der Waals surface area contributed by atoms with E-state index >= 15 is 0 Å². The van der Waals surface area contributed by atoms with Crippen molar-refractivity contribution in [2.24, 2.45) is 0 Å². The van der Waals surface area contributed by atoms with E-state index in [9.17, 15) is 0 Å². The quantitative estimate of drug-likeness (QED) is 0.180. The standard InChI is InChI=1S/C48H31N3/c1-3-15-32(16-4-1)49-42-25-11-8-20-39(42)47-37(22-13-27-44(47)49)38-23-14-28-45-48(38)40-21-9-12-26-43(40)51(45)34-29-30-36-35-19-7-10-24-41(35)50(46(36)31-34)33-17-5-2-6-18-33/h1-31H. The largest absolute Gasteiger partial charge is 0.309 e. The normalized spacial score (nSPS) is 11.9. The molecule has 3 nitrogen and oxygen atoms in total. The van der Waals surface area contributed by atoms with Gasteiger partial charge in [-0.25, -0.2) is 0 Å². The van der Waals surface area contributed by atoms with Crippen molar-refractivity contribution in [1.82, 2.24) is 13.7 Å². The van der Waals surface area contributed by atoms with E-state index in [1.807, 2.05) is 0 Å². The highest BCUT2D eigenvalue weighted by molar-refractivity contribution is 6.22. The van der Waals surface area contributed by atoms with Gasteiger partial charge < -0.3 is 13.7 Å². The topological polar surface area (TPSA) is 14.8 Å². The summed E-state index contributed by atoms with van der Waals surface area (Å²) >= 11 is 0. The van der Waals surface area contributed by atoms with Gasteiger partial charge in [-0.3, -0.25) is 0 Å². The number of rotatable bonds is 4. The fraction of sp³-hybridized carbons (Fsp3) is 0. The predicted octanol–water partition coefficient (Wildman–Crippen LogP) is 12.6. The summed E-state index contributed by atoms with van der Waals surface area (Å²) in [5.74, 6) is 0. The Labute approximate surface area is 294 Å². The van der Waals surface area contributed by atoms with E-state index in [4.69, 9.17) is 0 Å². The van der Waals surface area contributed by atoms with E-state index in [2.05, 4.69) is 202 Å². The van der Waals surface area contributed by atoms with Crippen molar-refractivity contribution in [2.75, 3.05) is 0 Å². The van der Waals surface area contributed by atoms with Crippen LogP contribution in [0.4, 0.5) is 0 Å². The number of para-hydroxylation sites is 5. The minimum absolute atomic E-state index is 1.14. The van der Waals surface area contributed by atoms with E-state index in [0.717, 1.165) is 11.4 Å². The lowest BCUT2D eigenvalue weighted by molar-refractivity contribution is 1.15. The third-order valence-corrected chi connectivity index (χ3v) is 10.6. The number of hydrogen-bond acceptors (Lipinski definition) is 0. The summed E-state index contributed by atoms with van der Waals surface area (Å²) in [5, 5.41) is 7.55. The monoisotopic (exact) mass is 649 g/mol. The average molecular weight is 650 g/mol. The Hall–Kier alpha value is -6.84. The van der Waals surface area contributed by atoms with Crippen molar-refractivity contribution in [1.29, 1.82) is 0 Å². The van der Waals surface area contributed by atoms with Crippen LogP contribution in [-0.4, -0.2) is 13.7 Å². The van der Waals surface area contributed by atoms with Crippen LogP contribution in [0.25, 0.3) is 93.6 Å². The molecular formula is C48H31N3. The molecule has 0 unspecified atom stereocenters. The van der Waals surface area contributed by atoms with Crippen LogP contribution in [-0.2, 0) is 0 Å². The van der Waals surface area contributed by atoms with Crippen LogP contribution in [0.1, 0.15) is 0 Å². The maximum atomic E-state index is 2.45. The van der Waals surface area contributed by atoms with Gasteiger partial charge in [-0.1, -0.05) is 121 Å². The molecule has 3 heterocycles. The van der Waals surface area contributed by atoms with Gasteiger partial charge >= 0.3 is 0 Å². The summed E-state index contributed by atoms with van der Waals surface area (Å²) in [5.41, 5.74) is 13.2. The van der Waals surface area contributed by atoms with Crippen molar-refractivity contribution in [3.63, 3.8) is 0 Å². The maximum absolute atomic E-state index is 2.45. The van der Waals surface area contributed by atoms with Crippen LogP contribution in [0.15, 0.2) is 188 Å². The summed E-state index contributed by atoms with van der Waals surface area (Å²) in [6.07, 6.45) is 0. The van der Waals surface area contributed by atoms with Crippen molar-refractivity contribution in [2.45, 2.75) is 0 Å². The second kappa shape index (κ2) is 10.8. The van der Waals surface area contributed by atoms with Gasteiger partial charge in [-0.05, 0) is 77.9 Å². The Morgan fingerprint density at radius 2 is 0.627 bits per heavy atom. The lowest BCUT2D eigenvalue weighted by Crippen LogP contribution is -1.96. The fourth-order valence-corrected chi connectivity index (χ4v) is 8.57. The number of hydrogen-bond donors (Lipinski definition) is 0. The molecule has 0 atom stereocenters. The lowest BCUT2D eigenvalue weighted by atomic mass is 9.95. The third kappa shape index (κ3) is 4.00. The first kappa shape index (κ1) is 28.0. The van der Waals surface area contributed by atoms with Crippen molar-refractivity contribution >= 4 is 65.4 Å². The molecule has 0 aliphatic carbocycles. The van der Waals surface area contributed by atoms with E-state index in [-0.39, 0.29) is 0 Å². The number of fused-ring (bicyclic) bond motifs is 9. The number of nitrogens with zero attached hydrogens (tertiary/aromatic N) is 3. The zero-order valence-corrected chi connectivity index (χ0v) is 27.7. The molecule has 0 saturated heterocycles. The molecule has 3 heteroatoms. The summed E-state index contributed by atoms with van der Waals surface area (Å²) in [4.78, 5) is 0. The van der Waals surface area contributed by atoms with E-state index in [1.165, 1.54) is 82.2 Å². The second-order valence-corrected chi connectivity index (χ2v) is 13.3. The van der Waals surface area contributed by atoms with Crippen molar-refractivity contribution in [3.05, 3.63) is 188 Å². The van der Waals surface area contributed by atoms with E-state index in [1.54, 1.807) is 0 Å². The van der Waals surface area contributed by atoms with Crippen LogP contribution < -0.4 is 0 Å². The second-order valence-electron chi connectivity index (χ2n) is 13.3. The highest BCUT2D eigenvalue weighted by Crippen LogP contribution is 2.44. The SMILES string of the molecule is c1ccc(-n2c3ccccc3c3ccc(-n4c5ccccc5c5c(-c6cccc7c6c6ccccc6n7-c6ccccc6)cccc54)cc32)cc1. The first-order chi connectivity index (χ1) is 25.3. The van der Waals surface area contributed by atoms with Gasteiger partial charge in [0.05, 0.1) is 33.1 Å². The summed E-state index contributed by atoms with van der Waals surface area (Å²) < 4.78 is 7.25. The van der Waals surface area contributed by atoms with Gasteiger partial charge in [0.25, 0.3) is 0 Å². The number of aromatic nitrogens is 3. The minimum atomic E-state index is 1.14. The predicted molar refractivity (Wildman–Crippen MR) is 215 cm³/mol. The van der Waals surface area contributed by atoms with Crippen LogP contribution in [0, 0.1) is 0 Å². The molecule has 0 bridgehead atoms. The van der Waals surface area contributed by atoms with Crippen molar-refractivity contribution in [3.8, 4) is 28.2 Å². The van der Waals surface area contributed by atoms with Crippen molar-refractivity contribution < 1.29 is 0 Å². The molecule has 11 rings (SSSR count). The molecule has 11 aromatic rings. The summed E-state index contributed by atoms with van der Waals surface area (Å²) in [6.45, 7) is 0. The van der Waals surface area contributed by atoms with Gasteiger partial charge in [0.2, 0.25) is 0 Å². The van der Waals surface area contributed by atoms with Gasteiger partial charge in [0.1, 0.15) is 0 Å². The zero-order chi connectivity index (χ0) is 33.5. The molecule has 0 N–H and O–H groups in total. The first-order valence-electron chi connectivity index (χ1n) is 17.5. The molecular weight excluding hydrogens is 619 g/mol. The average Bonchev–Trinajstić information content (AvgIpc) is 3.84. The van der Waals surface area contributed by atoms with Gasteiger partial charge in [0.15, 0.2) is 0 Å². The van der Waals surface area contributed by atoms with Crippen LogP contribution >= 0.6 is 0 Å². The van der Waals surface area contributed by atoms with E-state index in [0.29, 0.717) is 0 Å². The first-order valence-corrected chi connectivity index (χ1v) is 17.5. The minimum Gasteiger partial charge on any atom is -0.309 e. The molecule has 0 spiro atoms. The summed E-state index contributed by atoms with van der Waals surface area (Å²) in [6, 6.07) is 68.4. The Balaban J connectivity index is 1.21. The molecule has 51 heavy (non-hydrogen) atoms. The Morgan fingerprint density at radius 3 is 1.18 bits per heavy atom. The third-order valence-electron chi connectivity index (χ3n) is 10.6. The van der Waals surface area contributed by atoms with Crippen LogP contribution in [0.2, 0.25) is 0 Å². The zero-order valence-electron chi connectivity index (χ0n) is 27.7. The molecule has 0 aliphatic heterocycles. The van der Waals surface area contributed by atoms with E-state index < -0.39 is 0 Å². The molecule has 0 radical (unpaired) electrons. The maximum Gasteiger partial charge on any atom is 0.0561 e. The van der Waals surface area contributed by atoms with Crippen LogP contribution in [0.5, 0.6) is 0 Å². The van der Waals surface area contributed by atoms with Gasteiger partial charge in [-0.15, -0.1) is 0 Å². The highest BCUT2D eigenvalue weighted by Gasteiger charge is 2.21. The molecule has 8 aromatic carbocycles. The molecule has 0 amide bonds. The molecule has 0 fully saturated rings. The van der Waals surface area contributed by atoms with Gasteiger partial charge in [0, 0.05) is 49.4 Å². The van der Waals surface area contributed by atoms with Gasteiger partial charge in [-0.2, -0.15) is 0 Å². The number of benzene rings is 8. The molecule has 0 aliphatic rings. The lowest BCUT2D eigenvalue weighted by Gasteiger charge is -2.12. The Kier molecular flexibility index (Phi) is 5.96. The fourth-order valence-electron chi connectivity index (χ4n) is 8.57.